The predicted octanol–water partition coefficient (Wildman–Crippen LogP) is 0.703. The number of aromatic nitrogens is 1. The molecular formula is C17H19F2N4O+. The molecule has 7 heteroatoms. The fourth-order valence-electron chi connectivity index (χ4n) is 2.78. The van der Waals surface area contributed by atoms with Crippen LogP contribution in [-0.4, -0.2) is 43.6 Å². The van der Waals surface area contributed by atoms with E-state index in [-0.39, 0.29) is 18.1 Å². The predicted molar refractivity (Wildman–Crippen MR) is 87.0 cm³/mol. The third-order valence-corrected chi connectivity index (χ3v) is 4.06. The van der Waals surface area contributed by atoms with E-state index in [9.17, 15) is 13.6 Å². The minimum Gasteiger partial charge on any atom is -0.345 e. The van der Waals surface area contributed by atoms with Crippen LogP contribution in [0.5, 0.6) is 0 Å². The Balaban J connectivity index is 1.50. The van der Waals surface area contributed by atoms with Crippen molar-refractivity contribution in [2.24, 2.45) is 0 Å². The summed E-state index contributed by atoms with van der Waals surface area (Å²) in [6.45, 7) is 3.48. The number of nitrogens with zero attached hydrogens (tertiary/aromatic N) is 2. The number of carbonyl (C=O) groups is 1. The van der Waals surface area contributed by atoms with Crippen molar-refractivity contribution < 1.29 is 18.5 Å². The quantitative estimate of drug-likeness (QED) is 0.866. The molecule has 0 saturated carbocycles. The summed E-state index contributed by atoms with van der Waals surface area (Å²) in [5.74, 6) is -0.767. The molecule has 0 bridgehead atoms. The Bertz CT molecular complexity index is 703. The molecule has 2 heterocycles. The van der Waals surface area contributed by atoms with Crippen LogP contribution in [0.15, 0.2) is 42.6 Å². The van der Waals surface area contributed by atoms with Crippen molar-refractivity contribution in [1.29, 1.82) is 0 Å². The van der Waals surface area contributed by atoms with Gasteiger partial charge in [0.05, 0.1) is 31.9 Å². The molecule has 24 heavy (non-hydrogen) atoms. The van der Waals surface area contributed by atoms with Gasteiger partial charge in [-0.15, -0.1) is 0 Å². The van der Waals surface area contributed by atoms with Crippen LogP contribution in [0, 0.1) is 11.6 Å². The van der Waals surface area contributed by atoms with Crippen molar-refractivity contribution in [2.45, 2.75) is 0 Å². The van der Waals surface area contributed by atoms with E-state index in [1.54, 1.807) is 6.20 Å². The van der Waals surface area contributed by atoms with Gasteiger partial charge in [-0.25, -0.2) is 13.8 Å². The fraction of sp³-hybridized carbons (Fsp3) is 0.294. The van der Waals surface area contributed by atoms with Gasteiger partial charge in [0.15, 0.2) is 6.54 Å². The normalized spacial score (nSPS) is 15.3. The third-order valence-electron chi connectivity index (χ3n) is 4.06. The number of rotatable bonds is 4. The molecule has 5 nitrogen and oxygen atoms in total. The highest BCUT2D eigenvalue weighted by Gasteiger charge is 2.23. The van der Waals surface area contributed by atoms with Crippen molar-refractivity contribution in [3.63, 3.8) is 0 Å². The highest BCUT2D eigenvalue weighted by atomic mass is 19.1. The minimum absolute atomic E-state index is 0.00733. The summed E-state index contributed by atoms with van der Waals surface area (Å²) in [5.41, 5.74) is 0.00733. The monoisotopic (exact) mass is 333 g/mol. The average Bonchev–Trinajstić information content (AvgIpc) is 2.59. The third kappa shape index (κ3) is 4.05. The van der Waals surface area contributed by atoms with E-state index in [2.05, 4.69) is 15.2 Å². The second kappa shape index (κ2) is 7.35. The molecule has 2 N–H and O–H groups in total. The Morgan fingerprint density at radius 3 is 2.67 bits per heavy atom. The van der Waals surface area contributed by atoms with Crippen LogP contribution < -0.4 is 15.1 Å². The van der Waals surface area contributed by atoms with Crippen molar-refractivity contribution in [2.75, 3.05) is 42.9 Å². The maximum absolute atomic E-state index is 13.6. The van der Waals surface area contributed by atoms with Gasteiger partial charge in [0.1, 0.15) is 17.5 Å². The van der Waals surface area contributed by atoms with E-state index in [0.717, 1.165) is 49.0 Å². The van der Waals surface area contributed by atoms with E-state index in [0.29, 0.717) is 0 Å². The summed E-state index contributed by atoms with van der Waals surface area (Å²) in [7, 11) is 0. The summed E-state index contributed by atoms with van der Waals surface area (Å²) in [6, 6.07) is 8.91. The molecule has 1 amide bonds. The molecule has 1 aromatic heterocycles. The molecule has 0 unspecified atom stereocenters. The molecule has 0 atom stereocenters. The maximum Gasteiger partial charge on any atom is 0.279 e. The van der Waals surface area contributed by atoms with Gasteiger partial charge in [-0.2, -0.15) is 0 Å². The van der Waals surface area contributed by atoms with Crippen LogP contribution in [-0.2, 0) is 4.79 Å². The number of hydrogen-bond donors (Lipinski definition) is 2. The summed E-state index contributed by atoms with van der Waals surface area (Å²) in [4.78, 5) is 19.7. The first-order chi connectivity index (χ1) is 11.6. The first-order valence-corrected chi connectivity index (χ1v) is 7.86. The Kier molecular flexibility index (Phi) is 5.00. The van der Waals surface area contributed by atoms with E-state index in [1.165, 1.54) is 6.07 Å². The lowest BCUT2D eigenvalue weighted by Gasteiger charge is -2.32. The Labute approximate surface area is 138 Å². The molecule has 0 radical (unpaired) electrons. The second-order valence-electron chi connectivity index (χ2n) is 5.77. The molecule has 1 aliphatic heterocycles. The topological polar surface area (TPSA) is 49.7 Å². The lowest BCUT2D eigenvalue weighted by molar-refractivity contribution is -0.892. The average molecular weight is 333 g/mol. The van der Waals surface area contributed by atoms with Crippen LogP contribution in [0.25, 0.3) is 0 Å². The maximum atomic E-state index is 13.6. The Hall–Kier alpha value is -2.54. The van der Waals surface area contributed by atoms with E-state index in [4.69, 9.17) is 0 Å². The first-order valence-electron chi connectivity index (χ1n) is 7.86. The molecular weight excluding hydrogens is 314 g/mol. The largest absolute Gasteiger partial charge is 0.345 e. The molecule has 2 aromatic rings. The standard InChI is InChI=1S/C17H18F2N4O/c18-13-4-5-15(14(19)11-13)21-17(24)12-22-7-9-23(10-8-22)16-3-1-2-6-20-16/h1-6,11H,7-10,12H2,(H,21,24)/p+1. The highest BCUT2D eigenvalue weighted by Crippen LogP contribution is 2.14. The van der Waals surface area contributed by atoms with E-state index < -0.39 is 11.6 Å². The molecule has 1 aliphatic rings. The van der Waals surface area contributed by atoms with Crippen molar-refractivity contribution in [3.05, 3.63) is 54.2 Å². The molecule has 1 fully saturated rings. The number of halogens is 2. The lowest BCUT2D eigenvalue weighted by atomic mass is 10.2. The molecule has 1 aromatic carbocycles. The van der Waals surface area contributed by atoms with E-state index >= 15 is 0 Å². The molecule has 1 saturated heterocycles. The zero-order valence-electron chi connectivity index (χ0n) is 13.1. The van der Waals surface area contributed by atoms with Crippen LogP contribution >= 0.6 is 0 Å². The second-order valence-corrected chi connectivity index (χ2v) is 5.77. The SMILES string of the molecule is O=C(C[NH+]1CCN(c2ccccn2)CC1)Nc1ccc(F)cc1F. The number of anilines is 2. The van der Waals surface area contributed by atoms with Gasteiger partial charge in [-0.1, -0.05) is 6.07 Å². The Morgan fingerprint density at radius 1 is 1.21 bits per heavy atom. The van der Waals surface area contributed by atoms with Gasteiger partial charge in [-0.05, 0) is 24.3 Å². The van der Waals surface area contributed by atoms with Crippen molar-refractivity contribution in [1.82, 2.24) is 4.98 Å². The van der Waals surface area contributed by atoms with Gasteiger partial charge in [0, 0.05) is 12.3 Å². The highest BCUT2D eigenvalue weighted by molar-refractivity contribution is 5.91. The van der Waals surface area contributed by atoms with Gasteiger partial charge in [0.25, 0.3) is 5.91 Å². The van der Waals surface area contributed by atoms with E-state index in [1.807, 2.05) is 18.2 Å². The first kappa shape index (κ1) is 16.3. The summed E-state index contributed by atoms with van der Waals surface area (Å²) in [6.07, 6.45) is 1.76. The summed E-state index contributed by atoms with van der Waals surface area (Å²) in [5, 5.41) is 2.50. The van der Waals surface area contributed by atoms with Crippen LogP contribution in [0.4, 0.5) is 20.3 Å². The lowest BCUT2D eigenvalue weighted by Crippen LogP contribution is -3.15. The molecule has 126 valence electrons. The number of amides is 1. The van der Waals surface area contributed by atoms with Gasteiger partial charge in [-0.3, -0.25) is 4.79 Å². The number of benzene rings is 1. The van der Waals surface area contributed by atoms with Crippen LogP contribution in [0.1, 0.15) is 0 Å². The van der Waals surface area contributed by atoms with Gasteiger partial charge >= 0.3 is 0 Å². The van der Waals surface area contributed by atoms with Crippen LogP contribution in [0.2, 0.25) is 0 Å². The number of hydrogen-bond acceptors (Lipinski definition) is 3. The summed E-state index contributed by atoms with van der Waals surface area (Å²) >= 11 is 0. The summed E-state index contributed by atoms with van der Waals surface area (Å²) < 4.78 is 26.4. The van der Waals surface area contributed by atoms with Crippen molar-refractivity contribution in [3.8, 4) is 0 Å². The molecule has 3 rings (SSSR count). The number of piperazine rings is 1. The van der Waals surface area contributed by atoms with Gasteiger partial charge < -0.3 is 15.1 Å². The molecule has 0 aliphatic carbocycles. The molecule has 0 spiro atoms. The minimum atomic E-state index is -0.765. The zero-order chi connectivity index (χ0) is 16.9. The zero-order valence-corrected chi connectivity index (χ0v) is 13.1. The number of quaternary nitrogens is 1. The van der Waals surface area contributed by atoms with Crippen molar-refractivity contribution >= 4 is 17.4 Å². The Morgan fingerprint density at radius 2 is 2.00 bits per heavy atom. The number of carbonyl (C=O) groups excluding carboxylic acids is 1. The van der Waals surface area contributed by atoms with Gasteiger partial charge in [0.2, 0.25) is 0 Å². The number of pyridine rings is 1. The number of nitrogens with one attached hydrogen (secondary N) is 2. The van der Waals surface area contributed by atoms with Crippen LogP contribution in [0.3, 0.4) is 0 Å². The fourth-order valence-corrected chi connectivity index (χ4v) is 2.78. The smallest absolute Gasteiger partial charge is 0.279 e.